The first-order valence-corrected chi connectivity index (χ1v) is 9.89. The zero-order chi connectivity index (χ0) is 19.2. The Labute approximate surface area is 165 Å². The number of nitrogens with one attached hydrogen (secondary N) is 2. The summed E-state index contributed by atoms with van der Waals surface area (Å²) >= 11 is 5.85. The van der Waals surface area contributed by atoms with E-state index in [1.54, 1.807) is 12.1 Å². The number of hydrogen-bond donors (Lipinski definition) is 2. The minimum Gasteiger partial charge on any atom is -0.344 e. The average molecular weight is 385 g/mol. The molecule has 0 spiro atoms. The lowest BCUT2D eigenvalue weighted by Crippen LogP contribution is -2.41. The van der Waals surface area contributed by atoms with Crippen LogP contribution in [0.3, 0.4) is 0 Å². The normalized spacial score (nSPS) is 14.1. The van der Waals surface area contributed by atoms with E-state index in [0.29, 0.717) is 11.6 Å². The van der Waals surface area contributed by atoms with E-state index in [0.717, 1.165) is 30.4 Å². The van der Waals surface area contributed by atoms with Crippen molar-refractivity contribution < 1.29 is 9.59 Å². The van der Waals surface area contributed by atoms with Gasteiger partial charge < -0.3 is 10.6 Å². The molecule has 1 aliphatic rings. The molecule has 0 aliphatic heterocycles. The summed E-state index contributed by atoms with van der Waals surface area (Å²) in [6, 6.07) is 13.4. The summed E-state index contributed by atoms with van der Waals surface area (Å²) in [5.74, 6) is -1.23. The molecular weight excluding hydrogens is 360 g/mol. The highest BCUT2D eigenvalue weighted by molar-refractivity contribution is 6.35. The number of benzene rings is 2. The molecule has 0 aromatic heterocycles. The number of rotatable bonds is 5. The number of fused-ring (bicyclic) bond motifs is 1. The Hall–Kier alpha value is -2.33. The molecule has 5 heteroatoms. The molecule has 0 fully saturated rings. The number of carbonyl (C=O) groups is 2. The first kappa shape index (κ1) is 19.4. The van der Waals surface area contributed by atoms with E-state index in [1.165, 1.54) is 24.0 Å². The lowest BCUT2D eigenvalue weighted by atomic mass is 9.89. The molecule has 0 saturated carbocycles. The largest absolute Gasteiger partial charge is 0.344 e. The maximum absolute atomic E-state index is 12.3. The molecule has 27 heavy (non-hydrogen) atoms. The maximum atomic E-state index is 12.3. The molecule has 142 valence electrons. The highest BCUT2D eigenvalue weighted by Crippen LogP contribution is 2.26. The van der Waals surface area contributed by atoms with Crippen LogP contribution in [0, 0.1) is 0 Å². The van der Waals surface area contributed by atoms with Gasteiger partial charge in [-0.25, -0.2) is 0 Å². The third-order valence-electron chi connectivity index (χ3n) is 5.06. The first-order chi connectivity index (χ1) is 13.1. The lowest BCUT2D eigenvalue weighted by Gasteiger charge is -2.21. The van der Waals surface area contributed by atoms with Crippen LogP contribution in [0.1, 0.15) is 54.5 Å². The van der Waals surface area contributed by atoms with Crippen molar-refractivity contribution in [1.82, 2.24) is 10.6 Å². The standard InChI is InChI=1S/C22H25ClN2O2/c1-2-20(18-10-9-16-5-3-4-6-17(16)13-18)25-22(27)21(26)24-14-15-7-11-19(23)12-8-15/h7-13,20H,2-6,14H2,1H3,(H,24,26)(H,25,27). The second-order valence-electron chi connectivity index (χ2n) is 6.98. The van der Waals surface area contributed by atoms with E-state index >= 15 is 0 Å². The van der Waals surface area contributed by atoms with Crippen molar-refractivity contribution in [3.8, 4) is 0 Å². The quantitative estimate of drug-likeness (QED) is 0.762. The van der Waals surface area contributed by atoms with Crippen LogP contribution in [0.15, 0.2) is 42.5 Å². The van der Waals surface area contributed by atoms with Gasteiger partial charge in [-0.15, -0.1) is 0 Å². The lowest BCUT2D eigenvalue weighted by molar-refractivity contribution is -0.139. The summed E-state index contributed by atoms with van der Waals surface area (Å²) in [5, 5.41) is 6.16. The molecule has 2 aromatic carbocycles. The molecule has 3 rings (SSSR count). The SMILES string of the molecule is CCC(NC(=O)C(=O)NCc1ccc(Cl)cc1)c1ccc2c(c1)CCCC2. The molecule has 0 radical (unpaired) electrons. The van der Waals surface area contributed by atoms with Crippen molar-refractivity contribution in [3.63, 3.8) is 0 Å². The van der Waals surface area contributed by atoms with Crippen LogP contribution in [-0.4, -0.2) is 11.8 Å². The van der Waals surface area contributed by atoms with Crippen LogP contribution in [-0.2, 0) is 29.0 Å². The highest BCUT2D eigenvalue weighted by atomic mass is 35.5. The van der Waals surface area contributed by atoms with Gasteiger partial charge in [0.1, 0.15) is 0 Å². The summed E-state index contributed by atoms with van der Waals surface area (Å²) in [4.78, 5) is 24.5. The zero-order valence-electron chi connectivity index (χ0n) is 15.6. The fraction of sp³-hybridized carbons (Fsp3) is 0.364. The molecule has 0 saturated heterocycles. The fourth-order valence-corrected chi connectivity index (χ4v) is 3.61. The van der Waals surface area contributed by atoms with Crippen molar-refractivity contribution in [1.29, 1.82) is 0 Å². The van der Waals surface area contributed by atoms with Crippen LogP contribution >= 0.6 is 11.6 Å². The minimum atomic E-state index is -0.624. The van der Waals surface area contributed by atoms with Gasteiger partial charge in [-0.3, -0.25) is 9.59 Å². The number of amides is 2. The fourth-order valence-electron chi connectivity index (χ4n) is 3.48. The van der Waals surface area contributed by atoms with Crippen molar-refractivity contribution in [2.75, 3.05) is 0 Å². The van der Waals surface area contributed by atoms with Crippen LogP contribution in [0.2, 0.25) is 5.02 Å². The Morgan fingerprint density at radius 1 is 1.00 bits per heavy atom. The molecule has 4 nitrogen and oxygen atoms in total. The monoisotopic (exact) mass is 384 g/mol. The Balaban J connectivity index is 1.59. The van der Waals surface area contributed by atoms with Gasteiger partial charge in [0, 0.05) is 11.6 Å². The van der Waals surface area contributed by atoms with E-state index in [2.05, 4.69) is 28.8 Å². The molecule has 0 bridgehead atoms. The summed E-state index contributed by atoms with van der Waals surface area (Å²) in [6.45, 7) is 2.30. The second kappa shape index (κ2) is 9.05. The van der Waals surface area contributed by atoms with Crippen LogP contribution in [0.5, 0.6) is 0 Å². The van der Waals surface area contributed by atoms with Gasteiger partial charge in [-0.05, 0) is 66.5 Å². The predicted molar refractivity (Wildman–Crippen MR) is 108 cm³/mol. The zero-order valence-corrected chi connectivity index (χ0v) is 16.3. The maximum Gasteiger partial charge on any atom is 0.309 e. The number of halogens is 1. The van der Waals surface area contributed by atoms with Crippen LogP contribution in [0.4, 0.5) is 0 Å². The van der Waals surface area contributed by atoms with E-state index in [4.69, 9.17) is 11.6 Å². The minimum absolute atomic E-state index is 0.161. The average Bonchev–Trinajstić information content (AvgIpc) is 2.70. The van der Waals surface area contributed by atoms with Crippen molar-refractivity contribution >= 4 is 23.4 Å². The summed E-state index contributed by atoms with van der Waals surface area (Å²) in [6.07, 6.45) is 5.41. The van der Waals surface area contributed by atoms with E-state index in [1.807, 2.05) is 19.1 Å². The molecule has 2 N–H and O–H groups in total. The van der Waals surface area contributed by atoms with E-state index in [-0.39, 0.29) is 6.04 Å². The number of carbonyl (C=O) groups excluding carboxylic acids is 2. The Kier molecular flexibility index (Phi) is 6.51. The molecule has 1 atom stereocenters. The molecule has 1 unspecified atom stereocenters. The van der Waals surface area contributed by atoms with E-state index < -0.39 is 11.8 Å². The molecule has 1 aliphatic carbocycles. The Morgan fingerprint density at radius 3 is 2.41 bits per heavy atom. The first-order valence-electron chi connectivity index (χ1n) is 9.51. The molecule has 2 amide bonds. The van der Waals surface area contributed by atoms with Crippen molar-refractivity contribution in [3.05, 3.63) is 69.7 Å². The van der Waals surface area contributed by atoms with Gasteiger partial charge in [0.05, 0.1) is 6.04 Å². The Bertz CT molecular complexity index is 818. The van der Waals surface area contributed by atoms with Gasteiger partial charge in [-0.1, -0.05) is 48.9 Å². The third kappa shape index (κ3) is 5.10. The molecule has 0 heterocycles. The topological polar surface area (TPSA) is 58.2 Å². The van der Waals surface area contributed by atoms with Gasteiger partial charge in [0.15, 0.2) is 0 Å². The smallest absolute Gasteiger partial charge is 0.309 e. The van der Waals surface area contributed by atoms with Crippen LogP contribution in [0.25, 0.3) is 0 Å². The summed E-state index contributed by atoms with van der Waals surface area (Å²) in [5.41, 5.74) is 4.74. The summed E-state index contributed by atoms with van der Waals surface area (Å²) in [7, 11) is 0. The third-order valence-corrected chi connectivity index (χ3v) is 5.31. The van der Waals surface area contributed by atoms with E-state index in [9.17, 15) is 9.59 Å². The Morgan fingerprint density at radius 2 is 1.70 bits per heavy atom. The predicted octanol–water partition coefficient (Wildman–Crippen LogP) is 4.10. The van der Waals surface area contributed by atoms with Crippen LogP contribution < -0.4 is 10.6 Å². The highest BCUT2D eigenvalue weighted by Gasteiger charge is 2.20. The molecular formula is C22H25ClN2O2. The van der Waals surface area contributed by atoms with Crippen molar-refractivity contribution in [2.45, 2.75) is 51.6 Å². The van der Waals surface area contributed by atoms with Gasteiger partial charge >= 0.3 is 11.8 Å². The molecule has 2 aromatic rings. The van der Waals surface area contributed by atoms with Gasteiger partial charge in [0.25, 0.3) is 0 Å². The number of aryl methyl sites for hydroxylation is 2. The second-order valence-corrected chi connectivity index (χ2v) is 7.42. The van der Waals surface area contributed by atoms with Gasteiger partial charge in [0.2, 0.25) is 0 Å². The van der Waals surface area contributed by atoms with Crippen molar-refractivity contribution in [2.24, 2.45) is 0 Å². The van der Waals surface area contributed by atoms with Gasteiger partial charge in [-0.2, -0.15) is 0 Å². The number of hydrogen-bond acceptors (Lipinski definition) is 2. The summed E-state index contributed by atoms with van der Waals surface area (Å²) < 4.78 is 0.